The van der Waals surface area contributed by atoms with Crippen molar-refractivity contribution in [2.45, 2.75) is 65.0 Å². The molecule has 80 valence electrons. The van der Waals surface area contributed by atoms with Gasteiger partial charge < -0.3 is 11.1 Å². The second-order valence-electron chi connectivity index (χ2n) is 4.84. The lowest BCUT2D eigenvalue weighted by molar-refractivity contribution is 0.412. The highest BCUT2D eigenvalue weighted by molar-refractivity contribution is 4.70. The van der Waals surface area contributed by atoms with Crippen molar-refractivity contribution in [3.8, 4) is 0 Å². The van der Waals surface area contributed by atoms with E-state index in [0.29, 0.717) is 6.04 Å². The maximum absolute atomic E-state index is 5.82. The zero-order valence-corrected chi connectivity index (χ0v) is 9.69. The Bertz CT molecular complexity index is 116. The molecule has 0 aliphatic heterocycles. The molecule has 0 amide bonds. The molecule has 0 spiro atoms. The van der Waals surface area contributed by atoms with Crippen LogP contribution in [0.4, 0.5) is 0 Å². The summed E-state index contributed by atoms with van der Waals surface area (Å²) in [6, 6.07) is 0.412. The van der Waals surface area contributed by atoms with Crippen molar-refractivity contribution in [3.63, 3.8) is 0 Å². The maximum atomic E-state index is 5.82. The summed E-state index contributed by atoms with van der Waals surface area (Å²) in [6.45, 7) is 9.86. The predicted octanol–water partition coefficient (Wildman–Crippen LogP) is 2.28. The van der Waals surface area contributed by atoms with Crippen LogP contribution in [0.2, 0.25) is 0 Å². The van der Waals surface area contributed by atoms with Crippen LogP contribution in [-0.4, -0.2) is 18.1 Å². The Kier molecular flexibility index (Phi) is 6.35. The van der Waals surface area contributed by atoms with Crippen molar-refractivity contribution < 1.29 is 0 Å². The molecule has 2 nitrogen and oxygen atoms in total. The van der Waals surface area contributed by atoms with E-state index in [1.807, 2.05) is 0 Å². The van der Waals surface area contributed by atoms with E-state index in [4.69, 9.17) is 5.73 Å². The van der Waals surface area contributed by atoms with Gasteiger partial charge in [-0.05, 0) is 46.6 Å². The van der Waals surface area contributed by atoms with Gasteiger partial charge in [0.15, 0.2) is 0 Å². The number of nitrogens with one attached hydrogen (secondary N) is 1. The third kappa shape index (κ3) is 9.84. The van der Waals surface area contributed by atoms with Crippen LogP contribution in [0.15, 0.2) is 0 Å². The van der Waals surface area contributed by atoms with Gasteiger partial charge in [0.1, 0.15) is 0 Å². The Morgan fingerprint density at radius 2 is 1.85 bits per heavy atom. The highest BCUT2D eigenvalue weighted by atomic mass is 14.9. The molecule has 0 radical (unpaired) electrons. The van der Waals surface area contributed by atoms with Gasteiger partial charge in [-0.25, -0.2) is 0 Å². The van der Waals surface area contributed by atoms with Crippen molar-refractivity contribution >= 4 is 0 Å². The Morgan fingerprint density at radius 3 is 2.31 bits per heavy atom. The minimum atomic E-state index is 0.257. The first-order chi connectivity index (χ1) is 5.95. The molecule has 3 N–H and O–H groups in total. The van der Waals surface area contributed by atoms with E-state index in [1.54, 1.807) is 0 Å². The molecule has 0 heterocycles. The van der Waals surface area contributed by atoms with E-state index < -0.39 is 0 Å². The van der Waals surface area contributed by atoms with Gasteiger partial charge in [0, 0.05) is 11.6 Å². The van der Waals surface area contributed by atoms with Crippen molar-refractivity contribution in [3.05, 3.63) is 0 Å². The average Bonchev–Trinajstić information content (AvgIpc) is 2.01. The first-order valence-electron chi connectivity index (χ1n) is 5.46. The van der Waals surface area contributed by atoms with E-state index in [9.17, 15) is 0 Å². The molecule has 0 aliphatic rings. The maximum Gasteiger partial charge on any atom is 0.00965 e. The largest absolute Gasteiger partial charge is 0.328 e. The van der Waals surface area contributed by atoms with Crippen LogP contribution in [0.25, 0.3) is 0 Å². The normalized spacial score (nSPS) is 14.5. The topological polar surface area (TPSA) is 38.0 Å². The third-order valence-electron chi connectivity index (χ3n) is 2.18. The molecule has 0 bridgehead atoms. The molecule has 13 heavy (non-hydrogen) atoms. The Balaban J connectivity index is 3.18. The monoisotopic (exact) mass is 186 g/mol. The highest BCUT2D eigenvalue weighted by Crippen LogP contribution is 2.03. The zero-order valence-electron chi connectivity index (χ0n) is 9.69. The second-order valence-corrected chi connectivity index (χ2v) is 4.84. The Hall–Kier alpha value is -0.0800. The van der Waals surface area contributed by atoms with E-state index >= 15 is 0 Å². The molecule has 1 unspecified atom stereocenters. The number of unbranched alkanes of at least 4 members (excludes halogenated alkanes) is 1. The predicted molar refractivity (Wildman–Crippen MR) is 59.9 cm³/mol. The summed E-state index contributed by atoms with van der Waals surface area (Å²) in [7, 11) is 0. The van der Waals surface area contributed by atoms with Crippen LogP contribution in [0, 0.1) is 0 Å². The quantitative estimate of drug-likeness (QED) is 0.625. The van der Waals surface area contributed by atoms with Crippen LogP contribution in [0.1, 0.15) is 53.4 Å². The lowest BCUT2D eigenvalue weighted by atomic mass is 10.1. The molecular weight excluding hydrogens is 160 g/mol. The van der Waals surface area contributed by atoms with E-state index in [2.05, 4.69) is 33.0 Å². The average molecular weight is 186 g/mol. The third-order valence-corrected chi connectivity index (χ3v) is 2.18. The van der Waals surface area contributed by atoms with Crippen LogP contribution in [-0.2, 0) is 0 Å². The van der Waals surface area contributed by atoms with Gasteiger partial charge in [0.25, 0.3) is 0 Å². The Labute approximate surface area is 83.3 Å². The summed E-state index contributed by atoms with van der Waals surface area (Å²) in [4.78, 5) is 0. The standard InChI is InChI=1S/C11H26N2/c1-5-10(12)8-6-7-9-13-11(2,3)4/h10,13H,5-9,12H2,1-4H3. The fourth-order valence-corrected chi connectivity index (χ4v) is 1.20. The van der Waals surface area contributed by atoms with Gasteiger partial charge in [0.05, 0.1) is 0 Å². The summed E-state index contributed by atoms with van der Waals surface area (Å²) in [5.41, 5.74) is 6.08. The number of nitrogens with two attached hydrogens (primary N) is 1. The fraction of sp³-hybridized carbons (Fsp3) is 1.00. The molecule has 1 atom stereocenters. The summed E-state index contributed by atoms with van der Waals surface area (Å²) >= 11 is 0. The second kappa shape index (κ2) is 6.39. The summed E-state index contributed by atoms with van der Waals surface area (Å²) < 4.78 is 0. The molecule has 0 aromatic carbocycles. The zero-order chi connectivity index (χ0) is 10.3. The van der Waals surface area contributed by atoms with Crippen LogP contribution < -0.4 is 11.1 Å². The van der Waals surface area contributed by atoms with E-state index in [1.165, 1.54) is 19.3 Å². The van der Waals surface area contributed by atoms with Gasteiger partial charge in [-0.2, -0.15) is 0 Å². The molecule has 0 aromatic rings. The first-order valence-corrected chi connectivity index (χ1v) is 5.46. The van der Waals surface area contributed by atoms with Gasteiger partial charge >= 0.3 is 0 Å². The van der Waals surface area contributed by atoms with Crippen molar-refractivity contribution in [2.75, 3.05) is 6.54 Å². The van der Waals surface area contributed by atoms with Crippen LogP contribution >= 0.6 is 0 Å². The van der Waals surface area contributed by atoms with Gasteiger partial charge in [0.2, 0.25) is 0 Å². The molecule has 0 saturated heterocycles. The highest BCUT2D eigenvalue weighted by Gasteiger charge is 2.07. The number of rotatable bonds is 6. The first kappa shape index (κ1) is 12.9. The number of hydrogen-bond donors (Lipinski definition) is 2. The Morgan fingerprint density at radius 1 is 1.23 bits per heavy atom. The summed E-state index contributed by atoms with van der Waals surface area (Å²) in [5.74, 6) is 0. The molecule has 0 saturated carbocycles. The number of hydrogen-bond acceptors (Lipinski definition) is 2. The SMILES string of the molecule is CCC(N)CCCCNC(C)(C)C. The minimum absolute atomic E-state index is 0.257. The molecule has 2 heteroatoms. The summed E-state index contributed by atoms with van der Waals surface area (Å²) in [6.07, 6.45) is 4.76. The van der Waals surface area contributed by atoms with Crippen molar-refractivity contribution in [1.82, 2.24) is 5.32 Å². The molecule has 0 aliphatic carbocycles. The van der Waals surface area contributed by atoms with E-state index in [0.717, 1.165) is 13.0 Å². The summed E-state index contributed by atoms with van der Waals surface area (Å²) in [5, 5.41) is 3.47. The fourth-order valence-electron chi connectivity index (χ4n) is 1.20. The molecule has 0 fully saturated rings. The van der Waals surface area contributed by atoms with Gasteiger partial charge in [-0.1, -0.05) is 13.3 Å². The van der Waals surface area contributed by atoms with Crippen molar-refractivity contribution in [1.29, 1.82) is 0 Å². The minimum Gasteiger partial charge on any atom is -0.328 e. The van der Waals surface area contributed by atoms with Gasteiger partial charge in [-0.15, -0.1) is 0 Å². The molecule has 0 aromatic heterocycles. The smallest absolute Gasteiger partial charge is 0.00965 e. The lowest BCUT2D eigenvalue weighted by Gasteiger charge is -2.20. The lowest BCUT2D eigenvalue weighted by Crippen LogP contribution is -2.36. The molecule has 0 rings (SSSR count). The van der Waals surface area contributed by atoms with E-state index in [-0.39, 0.29) is 5.54 Å². The van der Waals surface area contributed by atoms with Gasteiger partial charge in [-0.3, -0.25) is 0 Å². The van der Waals surface area contributed by atoms with Crippen LogP contribution in [0.3, 0.4) is 0 Å². The van der Waals surface area contributed by atoms with Crippen molar-refractivity contribution in [2.24, 2.45) is 5.73 Å². The van der Waals surface area contributed by atoms with Crippen LogP contribution in [0.5, 0.6) is 0 Å². The molecular formula is C11H26N2.